The fourth-order valence-electron chi connectivity index (χ4n) is 3.95. The molecule has 0 bridgehead atoms. The van der Waals surface area contributed by atoms with Crippen LogP contribution in [0.25, 0.3) is 11.4 Å². The van der Waals surface area contributed by atoms with Gasteiger partial charge in [0.15, 0.2) is 11.0 Å². The molecule has 0 radical (unpaired) electrons. The van der Waals surface area contributed by atoms with Gasteiger partial charge in [0.2, 0.25) is 5.91 Å². The second-order valence-electron chi connectivity index (χ2n) is 8.30. The molecule has 4 aromatic rings. The van der Waals surface area contributed by atoms with Crippen LogP contribution >= 0.6 is 11.8 Å². The lowest BCUT2D eigenvalue weighted by Gasteiger charge is -2.20. The van der Waals surface area contributed by atoms with Crippen LogP contribution in [0.4, 0.5) is 0 Å². The number of rotatable bonds is 10. The van der Waals surface area contributed by atoms with Crippen molar-refractivity contribution in [1.82, 2.24) is 20.1 Å². The Morgan fingerprint density at radius 3 is 2.43 bits per heavy atom. The maximum absolute atomic E-state index is 13.1. The van der Waals surface area contributed by atoms with Crippen molar-refractivity contribution in [2.45, 2.75) is 38.0 Å². The number of hydrogen-bond acceptors (Lipinski definition) is 5. The number of hydrogen-bond donors (Lipinski definition) is 1. The lowest BCUT2D eigenvalue weighted by Crippen LogP contribution is -2.30. The quantitative estimate of drug-likeness (QED) is 0.293. The van der Waals surface area contributed by atoms with Gasteiger partial charge in [-0.05, 0) is 42.7 Å². The third-order valence-corrected chi connectivity index (χ3v) is 6.63. The van der Waals surface area contributed by atoms with Gasteiger partial charge >= 0.3 is 0 Å². The highest BCUT2D eigenvalue weighted by Gasteiger charge is 2.19. The summed E-state index contributed by atoms with van der Waals surface area (Å²) in [6.07, 6.45) is 0.949. The molecule has 7 heteroatoms. The van der Waals surface area contributed by atoms with Crippen molar-refractivity contribution in [3.63, 3.8) is 0 Å². The molecule has 35 heavy (non-hydrogen) atoms. The Balaban J connectivity index is 1.50. The first kappa shape index (κ1) is 24.5. The molecule has 1 amide bonds. The predicted octanol–water partition coefficient (Wildman–Crippen LogP) is 5.67. The van der Waals surface area contributed by atoms with Gasteiger partial charge in [0.25, 0.3) is 0 Å². The standard InChI is InChI=1S/C28H30N4O2S/c1-4-17-32-27(23-12-8-9-20(2)18-23)30-31-28(32)35-19-25(33)29-26(21-10-6-5-7-11-21)22-13-15-24(34-3)16-14-22/h5-16,18,26H,4,17,19H2,1-3H3,(H,29,33)/t26-/m0/s1. The Morgan fingerprint density at radius 1 is 1.00 bits per heavy atom. The Labute approximate surface area is 210 Å². The van der Waals surface area contributed by atoms with Crippen LogP contribution in [0.1, 0.15) is 36.1 Å². The summed E-state index contributed by atoms with van der Waals surface area (Å²) in [7, 11) is 1.64. The van der Waals surface area contributed by atoms with E-state index < -0.39 is 0 Å². The van der Waals surface area contributed by atoms with Gasteiger partial charge in [0, 0.05) is 12.1 Å². The van der Waals surface area contributed by atoms with Gasteiger partial charge in [-0.2, -0.15) is 0 Å². The number of benzene rings is 3. The minimum Gasteiger partial charge on any atom is -0.497 e. The summed E-state index contributed by atoms with van der Waals surface area (Å²) < 4.78 is 7.39. The number of thioether (sulfide) groups is 1. The van der Waals surface area contributed by atoms with Crippen molar-refractivity contribution in [2.75, 3.05) is 12.9 Å². The van der Waals surface area contributed by atoms with Gasteiger partial charge in [0.05, 0.1) is 18.9 Å². The number of amides is 1. The van der Waals surface area contributed by atoms with E-state index in [9.17, 15) is 4.79 Å². The Morgan fingerprint density at radius 2 is 1.74 bits per heavy atom. The number of nitrogens with zero attached hydrogens (tertiary/aromatic N) is 3. The lowest BCUT2D eigenvalue weighted by molar-refractivity contribution is -0.119. The van der Waals surface area contributed by atoms with Gasteiger partial charge < -0.3 is 14.6 Å². The van der Waals surface area contributed by atoms with E-state index in [0.717, 1.165) is 46.4 Å². The largest absolute Gasteiger partial charge is 0.497 e. The minimum absolute atomic E-state index is 0.0668. The normalized spacial score (nSPS) is 11.7. The molecule has 0 saturated heterocycles. The predicted molar refractivity (Wildman–Crippen MR) is 141 cm³/mol. The highest BCUT2D eigenvalue weighted by Crippen LogP contribution is 2.27. The SMILES string of the molecule is CCCn1c(SCC(=O)N[C@@H](c2ccccc2)c2ccc(OC)cc2)nnc1-c1cccc(C)c1. The van der Waals surface area contributed by atoms with Crippen molar-refractivity contribution in [3.8, 4) is 17.1 Å². The highest BCUT2D eigenvalue weighted by atomic mass is 32.2. The topological polar surface area (TPSA) is 69.0 Å². The number of carbonyl (C=O) groups excluding carboxylic acids is 1. The molecule has 1 atom stereocenters. The fourth-order valence-corrected chi connectivity index (χ4v) is 4.73. The second kappa shape index (κ2) is 11.7. The van der Waals surface area contributed by atoms with Gasteiger partial charge in [0.1, 0.15) is 5.75 Å². The van der Waals surface area contributed by atoms with E-state index in [-0.39, 0.29) is 17.7 Å². The van der Waals surface area contributed by atoms with E-state index in [1.165, 1.54) is 17.3 Å². The van der Waals surface area contributed by atoms with E-state index in [1.807, 2.05) is 66.7 Å². The summed E-state index contributed by atoms with van der Waals surface area (Å²) in [5, 5.41) is 12.8. The van der Waals surface area contributed by atoms with Crippen molar-refractivity contribution in [3.05, 3.63) is 95.6 Å². The maximum Gasteiger partial charge on any atom is 0.231 e. The van der Waals surface area contributed by atoms with Crippen LogP contribution in [0.3, 0.4) is 0 Å². The Kier molecular flexibility index (Phi) is 8.21. The zero-order valence-corrected chi connectivity index (χ0v) is 21.1. The van der Waals surface area contributed by atoms with Crippen LogP contribution < -0.4 is 10.1 Å². The lowest BCUT2D eigenvalue weighted by atomic mass is 9.98. The average Bonchev–Trinajstić information content (AvgIpc) is 3.29. The summed E-state index contributed by atoms with van der Waals surface area (Å²) >= 11 is 1.41. The molecule has 0 fully saturated rings. The molecule has 0 spiro atoms. The Hall–Kier alpha value is -3.58. The van der Waals surface area contributed by atoms with Crippen LogP contribution in [0, 0.1) is 6.92 Å². The van der Waals surface area contributed by atoms with Gasteiger partial charge in [-0.1, -0.05) is 84.9 Å². The molecule has 0 saturated carbocycles. The highest BCUT2D eigenvalue weighted by molar-refractivity contribution is 7.99. The number of ether oxygens (including phenoxy) is 1. The third kappa shape index (κ3) is 6.11. The summed E-state index contributed by atoms with van der Waals surface area (Å²) in [6, 6.07) is 25.7. The summed E-state index contributed by atoms with van der Waals surface area (Å²) in [5.41, 5.74) is 4.22. The van der Waals surface area contributed by atoms with E-state index in [0.29, 0.717) is 0 Å². The van der Waals surface area contributed by atoms with Crippen molar-refractivity contribution in [2.24, 2.45) is 0 Å². The first-order valence-electron chi connectivity index (χ1n) is 11.7. The second-order valence-corrected chi connectivity index (χ2v) is 9.24. The molecule has 6 nitrogen and oxygen atoms in total. The van der Waals surface area contributed by atoms with Crippen LogP contribution in [0.5, 0.6) is 5.75 Å². The molecular weight excluding hydrogens is 456 g/mol. The molecule has 0 unspecified atom stereocenters. The molecular formula is C28H30N4O2S. The molecule has 1 N–H and O–H groups in total. The molecule has 0 aliphatic carbocycles. The number of methoxy groups -OCH3 is 1. The maximum atomic E-state index is 13.1. The molecule has 4 rings (SSSR count). The monoisotopic (exact) mass is 486 g/mol. The van der Waals surface area contributed by atoms with Crippen LogP contribution in [0.15, 0.2) is 84.0 Å². The zero-order chi connectivity index (χ0) is 24.6. The van der Waals surface area contributed by atoms with Crippen molar-refractivity contribution >= 4 is 17.7 Å². The Bertz CT molecular complexity index is 1260. The first-order valence-corrected chi connectivity index (χ1v) is 12.7. The number of nitrogens with one attached hydrogen (secondary N) is 1. The van der Waals surface area contributed by atoms with Gasteiger partial charge in [-0.3, -0.25) is 4.79 Å². The van der Waals surface area contributed by atoms with E-state index in [4.69, 9.17) is 4.74 Å². The van der Waals surface area contributed by atoms with Crippen molar-refractivity contribution in [1.29, 1.82) is 0 Å². The third-order valence-electron chi connectivity index (χ3n) is 5.66. The van der Waals surface area contributed by atoms with Gasteiger partial charge in [-0.25, -0.2) is 0 Å². The molecule has 3 aromatic carbocycles. The molecule has 180 valence electrons. The van der Waals surface area contributed by atoms with E-state index >= 15 is 0 Å². The van der Waals surface area contributed by atoms with E-state index in [2.05, 4.69) is 46.1 Å². The van der Waals surface area contributed by atoms with Crippen molar-refractivity contribution < 1.29 is 9.53 Å². The number of aromatic nitrogens is 3. The van der Waals surface area contributed by atoms with Crippen LogP contribution in [-0.4, -0.2) is 33.5 Å². The summed E-state index contributed by atoms with van der Waals surface area (Å²) in [6.45, 7) is 4.98. The first-order chi connectivity index (χ1) is 17.1. The van der Waals surface area contributed by atoms with E-state index in [1.54, 1.807) is 7.11 Å². The smallest absolute Gasteiger partial charge is 0.231 e. The van der Waals surface area contributed by atoms with Crippen LogP contribution in [0.2, 0.25) is 0 Å². The molecule has 0 aliphatic heterocycles. The van der Waals surface area contributed by atoms with Crippen LogP contribution in [-0.2, 0) is 11.3 Å². The summed E-state index contributed by atoms with van der Waals surface area (Å²) in [4.78, 5) is 13.1. The molecule has 0 aliphatic rings. The minimum atomic E-state index is -0.258. The average molecular weight is 487 g/mol. The molecule has 1 heterocycles. The summed E-state index contributed by atoms with van der Waals surface area (Å²) in [5.74, 6) is 1.79. The number of carbonyl (C=O) groups is 1. The number of aryl methyl sites for hydroxylation is 1. The fraction of sp³-hybridized carbons (Fsp3) is 0.250. The molecule has 1 aromatic heterocycles. The zero-order valence-electron chi connectivity index (χ0n) is 20.3. The van der Waals surface area contributed by atoms with Gasteiger partial charge in [-0.15, -0.1) is 10.2 Å².